The molecule has 0 radical (unpaired) electrons. The first-order chi connectivity index (χ1) is 9.85. The first-order valence-corrected chi connectivity index (χ1v) is 4.14. The van der Waals surface area contributed by atoms with Crippen LogP contribution in [0.1, 0.15) is 8.22 Å². The number of hydrogen-bond donors (Lipinski definition) is 0. The van der Waals surface area contributed by atoms with E-state index in [0.29, 0.717) is 5.01 Å². The molecule has 0 bridgehead atoms. The van der Waals surface area contributed by atoms with Crippen LogP contribution in [0.3, 0.4) is 0 Å². The molecular weight excluding hydrogens is 188 g/mol. The molecule has 3 heteroatoms. The van der Waals surface area contributed by atoms with Crippen molar-refractivity contribution >= 4 is 11.4 Å². The smallest absolute Gasteiger partial charge is 0.0685 e. The van der Waals surface area contributed by atoms with E-state index < -0.39 is 0 Å². The van der Waals surface area contributed by atoms with E-state index in [1.807, 2.05) is 0 Å². The monoisotopic (exact) mass is 204 g/mol. The van der Waals surface area contributed by atoms with Gasteiger partial charge in [-0.2, -0.15) is 5.01 Å². The van der Waals surface area contributed by atoms with Crippen LogP contribution in [-0.4, -0.2) is 0 Å². The molecule has 0 saturated heterocycles. The Bertz CT molecular complexity index is 617. The van der Waals surface area contributed by atoms with Crippen molar-refractivity contribution in [2.24, 2.45) is 5.29 Å². The number of para-hydroxylation sites is 2. The predicted octanol–water partition coefficient (Wildman–Crippen LogP) is 3.51. The molecule has 74 valence electrons. The molecule has 0 N–H and O–H groups in total. The number of anilines is 2. The van der Waals surface area contributed by atoms with Gasteiger partial charge in [0, 0.05) is 0 Å². The Balaban J connectivity index is 2.69. The van der Waals surface area contributed by atoms with Crippen LogP contribution in [0.5, 0.6) is 0 Å². The summed E-state index contributed by atoms with van der Waals surface area (Å²) in [6.07, 6.45) is 0. The third-order valence-electron chi connectivity index (χ3n) is 1.67. The van der Waals surface area contributed by atoms with Gasteiger partial charge in [0.15, 0.2) is 0 Å². The van der Waals surface area contributed by atoms with E-state index in [2.05, 4.69) is 5.29 Å². The molecule has 0 saturated carbocycles. The molecular formula is C12H10N2O. The molecule has 2 aromatic carbocycles. The first-order valence-electron chi connectivity index (χ1n) is 7.14. The second-order valence-electron chi connectivity index (χ2n) is 2.58. The van der Waals surface area contributed by atoms with E-state index in [-0.39, 0.29) is 47.6 Å². The second kappa shape index (κ2) is 4.37. The lowest BCUT2D eigenvalue weighted by atomic mass is 10.2. The van der Waals surface area contributed by atoms with Crippen LogP contribution in [0.25, 0.3) is 0 Å². The van der Waals surface area contributed by atoms with Gasteiger partial charge in [-0.3, -0.25) is 0 Å². The SMILES string of the molecule is [2H]c1cc([2H])c(N(N=O)c2c([2H])cc([2H])cc2[2H])c([2H])c1. The number of benzene rings is 2. The maximum atomic E-state index is 11.1. The van der Waals surface area contributed by atoms with Crippen LogP contribution in [0.2, 0.25) is 0 Å². The lowest BCUT2D eigenvalue weighted by Crippen LogP contribution is -2.06. The van der Waals surface area contributed by atoms with E-state index in [1.165, 1.54) is 0 Å². The van der Waals surface area contributed by atoms with Gasteiger partial charge in [-0.05, 0) is 24.2 Å². The second-order valence-corrected chi connectivity index (χ2v) is 2.58. The summed E-state index contributed by atoms with van der Waals surface area (Å²) in [7, 11) is 0. The molecule has 0 aliphatic rings. The Kier molecular flexibility index (Phi) is 1.33. The molecule has 0 aliphatic heterocycles. The Labute approximate surface area is 96.3 Å². The summed E-state index contributed by atoms with van der Waals surface area (Å²) in [4.78, 5) is 11.1. The minimum Gasteiger partial charge on any atom is -0.197 e. The van der Waals surface area contributed by atoms with Crippen molar-refractivity contribution in [2.45, 2.75) is 0 Å². The van der Waals surface area contributed by atoms with Crippen LogP contribution in [0, 0.1) is 4.91 Å². The summed E-state index contributed by atoms with van der Waals surface area (Å²) in [6, 6.07) is 3.32. The van der Waals surface area contributed by atoms with Gasteiger partial charge in [0.2, 0.25) is 0 Å². The Morgan fingerprint density at radius 3 is 1.67 bits per heavy atom. The van der Waals surface area contributed by atoms with Crippen LogP contribution >= 0.6 is 0 Å². The zero-order valence-corrected chi connectivity index (χ0v) is 7.61. The van der Waals surface area contributed by atoms with Gasteiger partial charge in [-0.25, -0.2) is 0 Å². The molecule has 0 amide bonds. The summed E-state index contributed by atoms with van der Waals surface area (Å²) in [6.45, 7) is 0. The minimum atomic E-state index is -0.277. The van der Waals surface area contributed by atoms with Gasteiger partial charge < -0.3 is 0 Å². The Hall–Kier alpha value is -2.16. The fraction of sp³-hybridized carbons (Fsp3) is 0. The molecule has 15 heavy (non-hydrogen) atoms. The molecule has 2 aromatic rings. The van der Waals surface area contributed by atoms with Gasteiger partial charge in [0.1, 0.15) is 0 Å². The normalized spacial score (nSPS) is 15.2. The summed E-state index contributed by atoms with van der Waals surface area (Å²) >= 11 is 0. The number of rotatable bonds is 3. The van der Waals surface area contributed by atoms with Gasteiger partial charge in [-0.1, -0.05) is 36.4 Å². The van der Waals surface area contributed by atoms with Gasteiger partial charge in [0.05, 0.1) is 24.9 Å². The number of hydrogen-bond acceptors (Lipinski definition) is 2. The molecule has 0 spiro atoms. The molecule has 0 aromatic heterocycles. The van der Waals surface area contributed by atoms with Crippen molar-refractivity contribution < 1.29 is 8.22 Å². The molecule has 0 heterocycles. The molecule has 2 rings (SSSR count). The van der Waals surface area contributed by atoms with Crippen molar-refractivity contribution in [1.29, 1.82) is 0 Å². The van der Waals surface area contributed by atoms with Crippen LogP contribution < -0.4 is 5.01 Å². The summed E-state index contributed by atoms with van der Waals surface area (Å²) < 4.78 is 46.0. The van der Waals surface area contributed by atoms with E-state index in [4.69, 9.17) is 8.22 Å². The molecule has 0 atom stereocenters. The fourth-order valence-corrected chi connectivity index (χ4v) is 1.04. The van der Waals surface area contributed by atoms with Crippen molar-refractivity contribution in [1.82, 2.24) is 0 Å². The maximum absolute atomic E-state index is 11.1. The highest BCUT2D eigenvalue weighted by atomic mass is 16.3. The fourth-order valence-electron chi connectivity index (χ4n) is 1.04. The average molecular weight is 204 g/mol. The van der Waals surface area contributed by atoms with E-state index in [0.717, 1.165) is 24.3 Å². The average Bonchev–Trinajstić information content (AvgIpc) is 2.34. The number of nitrogens with zero attached hydrogens (tertiary/aromatic N) is 2. The highest BCUT2D eigenvalue weighted by molar-refractivity contribution is 5.61. The zero-order valence-electron chi connectivity index (χ0n) is 13.6. The molecule has 0 fully saturated rings. The summed E-state index contributed by atoms with van der Waals surface area (Å²) in [5.74, 6) is 0. The van der Waals surface area contributed by atoms with Crippen LogP contribution in [0.4, 0.5) is 11.4 Å². The topological polar surface area (TPSA) is 32.7 Å². The highest BCUT2D eigenvalue weighted by Crippen LogP contribution is 2.24. The lowest BCUT2D eigenvalue weighted by molar-refractivity contribution is 1.07. The molecule has 0 unspecified atom stereocenters. The molecule has 3 nitrogen and oxygen atoms in total. The lowest BCUT2D eigenvalue weighted by Gasteiger charge is -2.14. The van der Waals surface area contributed by atoms with Crippen molar-refractivity contribution in [2.75, 3.05) is 5.01 Å². The van der Waals surface area contributed by atoms with E-state index >= 15 is 0 Å². The highest BCUT2D eigenvalue weighted by Gasteiger charge is 2.07. The summed E-state index contributed by atoms with van der Waals surface area (Å²) in [5.41, 5.74) is -0.415. The van der Waals surface area contributed by atoms with Gasteiger partial charge in [-0.15, -0.1) is 4.91 Å². The predicted molar refractivity (Wildman–Crippen MR) is 60.8 cm³/mol. The Morgan fingerprint density at radius 1 is 0.933 bits per heavy atom. The van der Waals surface area contributed by atoms with Crippen molar-refractivity contribution in [3.8, 4) is 0 Å². The maximum Gasteiger partial charge on any atom is 0.0685 e. The quantitative estimate of drug-likeness (QED) is 0.566. The van der Waals surface area contributed by atoms with E-state index in [1.54, 1.807) is 0 Å². The molecule has 0 aliphatic carbocycles. The standard InChI is InChI=1S/C12H10N2O/c15-13-14(11-7-3-1-4-8-11)12-9-5-2-6-10-12/h1-10H/i1D,2D,7D,8D,9D,10D. The van der Waals surface area contributed by atoms with Crippen molar-refractivity contribution in [3.05, 3.63) is 65.4 Å². The Morgan fingerprint density at radius 2 is 1.33 bits per heavy atom. The van der Waals surface area contributed by atoms with E-state index in [9.17, 15) is 4.91 Å². The number of nitroso groups, excluding NO2 is 1. The first kappa shape index (κ1) is 4.57. The van der Waals surface area contributed by atoms with Gasteiger partial charge in [0.25, 0.3) is 0 Å². The third kappa shape index (κ3) is 2.02. The van der Waals surface area contributed by atoms with Crippen LogP contribution in [0.15, 0.2) is 65.8 Å². The van der Waals surface area contributed by atoms with Crippen LogP contribution in [-0.2, 0) is 0 Å². The third-order valence-corrected chi connectivity index (χ3v) is 1.67. The summed E-state index contributed by atoms with van der Waals surface area (Å²) in [5, 5.41) is 3.33. The zero-order chi connectivity index (χ0) is 15.7. The minimum absolute atomic E-state index is 0.0571. The van der Waals surface area contributed by atoms with Gasteiger partial charge >= 0.3 is 0 Å². The largest absolute Gasteiger partial charge is 0.197 e. The van der Waals surface area contributed by atoms with Crippen molar-refractivity contribution in [3.63, 3.8) is 0 Å².